The lowest BCUT2D eigenvalue weighted by Crippen LogP contribution is -2.61. The van der Waals surface area contributed by atoms with Crippen molar-refractivity contribution in [3.05, 3.63) is 37.0 Å². The normalized spacial score (nSPS) is 29.2. The Morgan fingerprint density at radius 3 is 2.47 bits per heavy atom. The van der Waals surface area contributed by atoms with Gasteiger partial charge in [-0.15, -0.1) is 0 Å². The van der Waals surface area contributed by atoms with E-state index in [1.54, 1.807) is 6.08 Å². The molecular weight excluding hydrogens is 208 g/mol. The van der Waals surface area contributed by atoms with Crippen LogP contribution in [0.15, 0.2) is 37.0 Å². The van der Waals surface area contributed by atoms with E-state index in [9.17, 15) is 0 Å². The van der Waals surface area contributed by atoms with Crippen LogP contribution in [-0.2, 0) is 0 Å². The van der Waals surface area contributed by atoms with Crippen molar-refractivity contribution in [1.29, 1.82) is 0 Å². The maximum atomic E-state index is 4.08. The molecule has 94 valence electrons. The van der Waals surface area contributed by atoms with Crippen LogP contribution in [0.3, 0.4) is 0 Å². The van der Waals surface area contributed by atoms with E-state index in [2.05, 4.69) is 36.6 Å². The molecule has 3 fully saturated rings. The maximum absolute atomic E-state index is 4.08. The van der Waals surface area contributed by atoms with E-state index < -0.39 is 0 Å². The van der Waals surface area contributed by atoms with E-state index in [0.29, 0.717) is 0 Å². The van der Waals surface area contributed by atoms with Crippen LogP contribution in [0.4, 0.5) is 0 Å². The van der Waals surface area contributed by atoms with Gasteiger partial charge < -0.3 is 4.90 Å². The quantitative estimate of drug-likeness (QED) is 0.672. The molecule has 0 saturated carbocycles. The first-order chi connectivity index (χ1) is 8.11. The summed E-state index contributed by atoms with van der Waals surface area (Å²) in [4.78, 5) is 5.15. The average Bonchev–Trinajstić information content (AvgIpc) is 2.36. The second kappa shape index (κ2) is 5.19. The van der Waals surface area contributed by atoms with Gasteiger partial charge in [0.25, 0.3) is 0 Å². The van der Waals surface area contributed by atoms with Gasteiger partial charge in [0.15, 0.2) is 0 Å². The van der Waals surface area contributed by atoms with Gasteiger partial charge in [-0.1, -0.05) is 25.8 Å². The summed E-state index contributed by atoms with van der Waals surface area (Å²) in [6.45, 7) is 15.4. The predicted octanol–water partition coefficient (Wildman–Crippen LogP) is 2.45. The highest BCUT2D eigenvalue weighted by Crippen LogP contribution is 2.28. The Hall–Kier alpha value is -0.860. The molecule has 3 rings (SSSR count). The minimum absolute atomic E-state index is 0.759. The fourth-order valence-electron chi connectivity index (χ4n) is 2.98. The molecule has 3 aliphatic rings. The van der Waals surface area contributed by atoms with Crippen molar-refractivity contribution in [2.24, 2.45) is 0 Å². The van der Waals surface area contributed by atoms with E-state index in [0.717, 1.165) is 36.2 Å². The van der Waals surface area contributed by atoms with Crippen LogP contribution < -0.4 is 0 Å². The Labute approximate surface area is 105 Å². The minimum atomic E-state index is 0.759. The molecule has 0 spiro atoms. The van der Waals surface area contributed by atoms with Crippen molar-refractivity contribution >= 4 is 0 Å². The van der Waals surface area contributed by atoms with Crippen LogP contribution in [0.5, 0.6) is 0 Å². The number of piperazine rings is 1. The number of hydrogen-bond donors (Lipinski definition) is 0. The molecule has 0 aromatic heterocycles. The van der Waals surface area contributed by atoms with Crippen LogP contribution >= 0.6 is 0 Å². The lowest BCUT2D eigenvalue weighted by atomic mass is 9.91. The van der Waals surface area contributed by atoms with Crippen molar-refractivity contribution in [1.82, 2.24) is 9.80 Å². The standard InChI is InChI=1S/C15H24N2/c1-5-12(2)13(3)8-9-17-11-14-6-7-15(17)10-16(14)4/h5,14-15H,1-3,6-11H2,4H3. The molecule has 3 aliphatic heterocycles. The average molecular weight is 232 g/mol. The summed E-state index contributed by atoms with van der Waals surface area (Å²) in [5.74, 6) is 0. The van der Waals surface area contributed by atoms with Gasteiger partial charge in [0, 0.05) is 31.7 Å². The van der Waals surface area contributed by atoms with Crippen LogP contribution in [0.1, 0.15) is 19.3 Å². The number of piperidine rings is 2. The van der Waals surface area contributed by atoms with Crippen molar-refractivity contribution in [3.8, 4) is 0 Å². The van der Waals surface area contributed by atoms with Gasteiger partial charge in [-0.05, 0) is 37.5 Å². The smallest absolute Gasteiger partial charge is 0.0224 e. The molecular formula is C15H24N2. The molecule has 2 unspecified atom stereocenters. The molecule has 2 bridgehead atoms. The number of rotatable bonds is 5. The van der Waals surface area contributed by atoms with Crippen molar-refractivity contribution in [3.63, 3.8) is 0 Å². The highest BCUT2D eigenvalue weighted by Gasteiger charge is 2.36. The predicted molar refractivity (Wildman–Crippen MR) is 74.1 cm³/mol. The van der Waals surface area contributed by atoms with Crippen molar-refractivity contribution in [2.75, 3.05) is 26.7 Å². The lowest BCUT2D eigenvalue weighted by Gasteiger charge is -2.50. The van der Waals surface area contributed by atoms with Gasteiger partial charge in [0.1, 0.15) is 0 Å². The van der Waals surface area contributed by atoms with Crippen LogP contribution in [-0.4, -0.2) is 48.6 Å². The molecule has 17 heavy (non-hydrogen) atoms. The third kappa shape index (κ3) is 2.70. The van der Waals surface area contributed by atoms with E-state index in [1.807, 2.05) is 0 Å². The molecule has 3 heterocycles. The molecule has 0 aromatic carbocycles. The van der Waals surface area contributed by atoms with E-state index in [-0.39, 0.29) is 0 Å². The molecule has 0 aromatic rings. The number of hydrogen-bond acceptors (Lipinski definition) is 2. The topological polar surface area (TPSA) is 6.48 Å². The first-order valence-electron chi connectivity index (χ1n) is 6.55. The summed E-state index contributed by atoms with van der Waals surface area (Å²) in [6, 6.07) is 1.53. The Kier molecular flexibility index (Phi) is 3.85. The summed E-state index contributed by atoms with van der Waals surface area (Å²) in [6.07, 6.45) is 5.57. The van der Waals surface area contributed by atoms with Gasteiger partial charge >= 0.3 is 0 Å². The van der Waals surface area contributed by atoms with Gasteiger partial charge in [-0.25, -0.2) is 0 Å². The van der Waals surface area contributed by atoms with Crippen molar-refractivity contribution < 1.29 is 0 Å². The maximum Gasteiger partial charge on any atom is 0.0224 e. The molecule has 2 heteroatoms. The second-order valence-electron chi connectivity index (χ2n) is 5.40. The van der Waals surface area contributed by atoms with Gasteiger partial charge in [0.05, 0.1) is 0 Å². The first kappa shape index (κ1) is 12.6. The zero-order valence-corrected chi connectivity index (χ0v) is 11.0. The summed E-state index contributed by atoms with van der Waals surface area (Å²) in [5, 5.41) is 0. The fourth-order valence-corrected chi connectivity index (χ4v) is 2.98. The van der Waals surface area contributed by atoms with Gasteiger partial charge in [-0.3, -0.25) is 4.90 Å². The van der Waals surface area contributed by atoms with Crippen molar-refractivity contribution in [2.45, 2.75) is 31.3 Å². The Morgan fingerprint density at radius 1 is 1.24 bits per heavy atom. The third-order valence-corrected chi connectivity index (χ3v) is 4.32. The molecule has 2 atom stereocenters. The SMILES string of the molecule is C=CC(=C)C(=C)CCN1CC2CCC1CN2C. The van der Waals surface area contributed by atoms with Gasteiger partial charge in [-0.2, -0.15) is 0 Å². The zero-order chi connectivity index (χ0) is 12.4. The van der Waals surface area contributed by atoms with Crippen LogP contribution in [0.2, 0.25) is 0 Å². The number of fused-ring (bicyclic) bond motifs is 3. The van der Waals surface area contributed by atoms with Crippen LogP contribution in [0.25, 0.3) is 0 Å². The van der Waals surface area contributed by atoms with Gasteiger partial charge in [0.2, 0.25) is 0 Å². The summed E-state index contributed by atoms with van der Waals surface area (Å²) >= 11 is 0. The molecule has 2 nitrogen and oxygen atoms in total. The second-order valence-corrected chi connectivity index (χ2v) is 5.40. The van der Waals surface area contributed by atoms with E-state index in [1.165, 1.54) is 25.9 Å². The number of nitrogens with zero attached hydrogens (tertiary/aromatic N) is 2. The Bertz CT molecular complexity index is 332. The largest absolute Gasteiger partial charge is 0.301 e. The Morgan fingerprint density at radius 2 is 1.94 bits per heavy atom. The number of likely N-dealkylation sites (N-methyl/N-ethyl adjacent to an activating group) is 1. The molecule has 0 amide bonds. The lowest BCUT2D eigenvalue weighted by molar-refractivity contribution is -0.00536. The summed E-state index contributed by atoms with van der Waals surface area (Å²) < 4.78 is 0. The summed E-state index contributed by atoms with van der Waals surface area (Å²) in [7, 11) is 2.26. The highest BCUT2D eigenvalue weighted by molar-refractivity contribution is 5.33. The van der Waals surface area contributed by atoms with Crippen LogP contribution in [0, 0.1) is 0 Å². The zero-order valence-electron chi connectivity index (χ0n) is 11.0. The highest BCUT2D eigenvalue weighted by atomic mass is 15.3. The van der Waals surface area contributed by atoms with E-state index in [4.69, 9.17) is 0 Å². The minimum Gasteiger partial charge on any atom is -0.301 e. The molecule has 0 aliphatic carbocycles. The monoisotopic (exact) mass is 232 g/mol. The first-order valence-corrected chi connectivity index (χ1v) is 6.55. The summed E-state index contributed by atoms with van der Waals surface area (Å²) in [5.41, 5.74) is 2.12. The third-order valence-electron chi connectivity index (χ3n) is 4.32. The molecule has 3 saturated heterocycles. The Balaban J connectivity index is 1.83. The molecule has 0 N–H and O–H groups in total. The number of allylic oxidation sites excluding steroid dienone is 2. The molecule has 0 radical (unpaired) electrons. The fraction of sp³-hybridized carbons (Fsp3) is 0.600. The van der Waals surface area contributed by atoms with E-state index >= 15 is 0 Å².